The highest BCUT2D eigenvalue weighted by molar-refractivity contribution is 7.04. The average molecular weight is 687 g/mol. The van der Waals surface area contributed by atoms with Gasteiger partial charge in [-0.2, -0.15) is 0 Å². The van der Waals surface area contributed by atoms with E-state index in [0.29, 0.717) is 0 Å². The lowest BCUT2D eigenvalue weighted by Gasteiger charge is -2.23. The third-order valence-electron chi connectivity index (χ3n) is 11.9. The molecule has 246 valence electrons. The Bertz CT molecular complexity index is 3130. The van der Waals surface area contributed by atoms with Gasteiger partial charge in [-0.15, -0.1) is 0 Å². The van der Waals surface area contributed by atoms with Gasteiger partial charge in [-0.25, -0.2) is 0 Å². The highest BCUT2D eigenvalue weighted by Gasteiger charge is 2.38. The van der Waals surface area contributed by atoms with E-state index < -0.39 is 8.07 Å². The van der Waals surface area contributed by atoms with E-state index in [2.05, 4.69) is 189 Å². The average Bonchev–Trinajstić information content (AvgIpc) is 3.43. The van der Waals surface area contributed by atoms with Gasteiger partial charge in [0.1, 0.15) is 8.07 Å². The van der Waals surface area contributed by atoms with Crippen LogP contribution >= 0.6 is 0 Å². The molecule has 0 atom stereocenters. The molecule has 1 aliphatic rings. The summed E-state index contributed by atoms with van der Waals surface area (Å²) in [6.45, 7) is 5.09. The van der Waals surface area contributed by atoms with Crippen LogP contribution in [-0.4, -0.2) is 8.07 Å². The van der Waals surface area contributed by atoms with Crippen molar-refractivity contribution in [3.05, 3.63) is 182 Å². The van der Waals surface area contributed by atoms with E-state index in [1.54, 1.807) is 0 Å². The number of fused-ring (bicyclic) bond motifs is 9. The monoisotopic (exact) mass is 686 g/mol. The van der Waals surface area contributed by atoms with Gasteiger partial charge in [0.15, 0.2) is 0 Å². The first kappa shape index (κ1) is 30.2. The highest BCUT2D eigenvalue weighted by Crippen LogP contribution is 2.48. The SMILES string of the molecule is C[Si]1(C)c2cc(-c3ccc4ccccc4c3)ccc2-c2cc3c(-c4cc5ccc#cc5c5ccccc45)c4ccccc4c(-c4ccccc4)c3cc21. The molecular weight excluding hydrogens is 653 g/mol. The van der Waals surface area contributed by atoms with E-state index in [0.717, 1.165) is 5.39 Å². The lowest BCUT2D eigenvalue weighted by molar-refractivity contribution is 1.65. The summed E-state index contributed by atoms with van der Waals surface area (Å²) >= 11 is 0. The number of hydrogen-bond acceptors (Lipinski definition) is 0. The molecule has 0 nitrogen and oxygen atoms in total. The maximum absolute atomic E-state index is 3.44. The van der Waals surface area contributed by atoms with Gasteiger partial charge in [0, 0.05) is 5.39 Å². The summed E-state index contributed by atoms with van der Waals surface area (Å²) in [5, 5.41) is 15.5. The van der Waals surface area contributed by atoms with Gasteiger partial charge in [-0.3, -0.25) is 0 Å². The number of benzene rings is 9. The fourth-order valence-corrected chi connectivity index (χ4v) is 12.4. The Morgan fingerprint density at radius 1 is 0.377 bits per heavy atom. The van der Waals surface area contributed by atoms with Crippen molar-refractivity contribution in [2.24, 2.45) is 0 Å². The maximum atomic E-state index is 3.44. The van der Waals surface area contributed by atoms with Gasteiger partial charge < -0.3 is 0 Å². The second-order valence-electron chi connectivity index (χ2n) is 15.1. The molecule has 0 amide bonds. The van der Waals surface area contributed by atoms with Crippen molar-refractivity contribution in [1.29, 1.82) is 0 Å². The molecule has 0 spiro atoms. The van der Waals surface area contributed by atoms with Crippen molar-refractivity contribution in [2.75, 3.05) is 0 Å². The fraction of sp³-hybridized carbons (Fsp3) is 0.0385. The summed E-state index contributed by atoms with van der Waals surface area (Å²) in [7, 11) is -2.09. The van der Waals surface area contributed by atoms with Crippen LogP contribution in [0.1, 0.15) is 0 Å². The van der Waals surface area contributed by atoms with Gasteiger partial charge in [0.2, 0.25) is 0 Å². The van der Waals surface area contributed by atoms with E-state index in [4.69, 9.17) is 0 Å². The van der Waals surface area contributed by atoms with Gasteiger partial charge in [-0.1, -0.05) is 165 Å². The van der Waals surface area contributed by atoms with Crippen LogP contribution in [0.15, 0.2) is 170 Å². The normalized spacial score (nSPS) is 13.1. The summed E-state index contributed by atoms with van der Waals surface area (Å²) in [5.74, 6) is 0. The molecule has 1 aliphatic heterocycles. The molecule has 0 unspecified atom stereocenters. The van der Waals surface area contributed by atoms with E-state index in [1.807, 2.05) is 6.07 Å². The standard InChI is InChI=1S/C52H34Si/c1-53(2)49-30-37(36-25-24-33-14-6-7-17-35(33)28-36)26-27-42(49)45-31-47-48(32-50(45)53)51(34-15-4-3-5-16-34)43-22-12-13-23-44(43)52(47)46-29-38-18-8-9-19-39(38)40-20-10-11-21-41(40)46/h3-8,10-18,20-32H,1-2H3. The summed E-state index contributed by atoms with van der Waals surface area (Å²) in [5.41, 5.74) is 10.5. The minimum absolute atomic E-state index is 1.12. The fourth-order valence-electron chi connectivity index (χ4n) is 9.28. The van der Waals surface area contributed by atoms with Crippen LogP contribution in [0.5, 0.6) is 0 Å². The Balaban J connectivity index is 1.25. The number of hydrogen-bond donors (Lipinski definition) is 0. The third kappa shape index (κ3) is 4.43. The van der Waals surface area contributed by atoms with Crippen LogP contribution in [0.25, 0.3) is 98.4 Å². The van der Waals surface area contributed by atoms with Crippen LogP contribution < -0.4 is 10.4 Å². The molecule has 0 saturated carbocycles. The minimum Gasteiger partial charge on any atom is -0.0695 e. The maximum Gasteiger partial charge on any atom is 0.113 e. The highest BCUT2D eigenvalue weighted by atomic mass is 28.3. The van der Waals surface area contributed by atoms with Crippen molar-refractivity contribution in [1.82, 2.24) is 0 Å². The van der Waals surface area contributed by atoms with Gasteiger partial charge in [-0.05, 0) is 134 Å². The lowest BCUT2D eigenvalue weighted by Crippen LogP contribution is -2.49. The van der Waals surface area contributed by atoms with Gasteiger partial charge >= 0.3 is 0 Å². The number of rotatable bonds is 3. The van der Waals surface area contributed by atoms with E-state index in [-0.39, 0.29) is 0 Å². The van der Waals surface area contributed by atoms with E-state index in [1.165, 1.54) is 103 Å². The van der Waals surface area contributed by atoms with Crippen molar-refractivity contribution >= 4 is 72.3 Å². The molecule has 0 fully saturated rings. The lowest BCUT2D eigenvalue weighted by atomic mass is 9.83. The summed E-state index contributed by atoms with van der Waals surface area (Å²) in [6.07, 6.45) is 0. The summed E-state index contributed by atoms with van der Waals surface area (Å²) in [4.78, 5) is 0. The molecule has 1 heteroatoms. The smallest absolute Gasteiger partial charge is 0.0695 e. The molecular formula is C52H34Si. The van der Waals surface area contributed by atoms with Crippen LogP contribution in [0.4, 0.5) is 0 Å². The Morgan fingerprint density at radius 3 is 1.85 bits per heavy atom. The zero-order valence-corrected chi connectivity index (χ0v) is 30.7. The summed E-state index contributed by atoms with van der Waals surface area (Å²) in [6, 6.07) is 70.1. The third-order valence-corrected chi connectivity index (χ3v) is 15.4. The molecule has 0 bridgehead atoms. The molecule has 11 rings (SSSR count). The zero-order valence-electron chi connectivity index (χ0n) is 29.7. The first-order valence-corrected chi connectivity index (χ1v) is 21.5. The molecule has 0 saturated heterocycles. The molecule has 0 N–H and O–H groups in total. The second kappa shape index (κ2) is 11.3. The Hall–Kier alpha value is -6.46. The minimum atomic E-state index is -2.09. The molecule has 0 radical (unpaired) electrons. The second-order valence-corrected chi connectivity index (χ2v) is 19.4. The topological polar surface area (TPSA) is 0 Å². The zero-order chi connectivity index (χ0) is 35.3. The van der Waals surface area contributed by atoms with E-state index in [9.17, 15) is 0 Å². The van der Waals surface area contributed by atoms with Crippen molar-refractivity contribution < 1.29 is 0 Å². The Kier molecular flexibility index (Phi) is 6.42. The first-order chi connectivity index (χ1) is 26.0. The first-order valence-electron chi connectivity index (χ1n) is 18.5. The predicted octanol–water partition coefficient (Wildman–Crippen LogP) is 12.9. The van der Waals surface area contributed by atoms with E-state index >= 15 is 0 Å². The largest absolute Gasteiger partial charge is 0.113 e. The molecule has 10 aromatic carbocycles. The predicted molar refractivity (Wildman–Crippen MR) is 230 cm³/mol. The van der Waals surface area contributed by atoms with Crippen LogP contribution in [0, 0.1) is 12.1 Å². The Labute approximate surface area is 310 Å². The van der Waals surface area contributed by atoms with Crippen molar-refractivity contribution in [3.8, 4) is 44.5 Å². The van der Waals surface area contributed by atoms with Crippen molar-refractivity contribution in [3.63, 3.8) is 0 Å². The quantitative estimate of drug-likeness (QED) is 0.128. The van der Waals surface area contributed by atoms with Crippen LogP contribution in [0.2, 0.25) is 13.1 Å². The Morgan fingerprint density at radius 2 is 1.02 bits per heavy atom. The summed E-state index contributed by atoms with van der Waals surface area (Å²) < 4.78 is 0. The van der Waals surface area contributed by atoms with Crippen LogP contribution in [-0.2, 0) is 0 Å². The van der Waals surface area contributed by atoms with Crippen LogP contribution in [0.3, 0.4) is 0 Å². The molecule has 53 heavy (non-hydrogen) atoms. The van der Waals surface area contributed by atoms with Gasteiger partial charge in [0.05, 0.1) is 0 Å². The van der Waals surface area contributed by atoms with Crippen molar-refractivity contribution in [2.45, 2.75) is 13.1 Å². The molecule has 1 heterocycles. The molecule has 10 aromatic rings. The molecule has 0 aliphatic carbocycles. The van der Waals surface area contributed by atoms with Gasteiger partial charge in [0.25, 0.3) is 0 Å². The molecule has 0 aromatic heterocycles.